The average molecular weight is 267 g/mol. The summed E-state index contributed by atoms with van der Waals surface area (Å²) in [6.45, 7) is 0. The third kappa shape index (κ3) is 2.27. The Balaban J connectivity index is 2.59. The highest BCUT2D eigenvalue weighted by Crippen LogP contribution is 2.24. The van der Waals surface area contributed by atoms with E-state index in [0.29, 0.717) is 5.76 Å². The van der Waals surface area contributed by atoms with Crippen molar-refractivity contribution in [3.05, 3.63) is 51.3 Å². The van der Waals surface area contributed by atoms with E-state index in [0.717, 1.165) is 16.1 Å². The lowest BCUT2D eigenvalue weighted by atomic mass is 10.1. The Morgan fingerprint density at radius 1 is 1.20 bits per heavy atom. The van der Waals surface area contributed by atoms with E-state index >= 15 is 0 Å². The Hall–Kier alpha value is -1.55. The first-order valence-electron chi connectivity index (χ1n) is 4.25. The van der Waals surface area contributed by atoms with Crippen LogP contribution in [0.3, 0.4) is 0 Å². The second-order valence-electron chi connectivity index (χ2n) is 3.01. The Kier molecular flexibility index (Phi) is 2.60. The SMILES string of the molecule is O=c1cc(O)cc(-c2cccc(Br)c2)o1. The summed E-state index contributed by atoms with van der Waals surface area (Å²) in [6.07, 6.45) is 0. The second kappa shape index (κ2) is 3.90. The van der Waals surface area contributed by atoms with Crippen molar-refractivity contribution < 1.29 is 9.52 Å². The number of hydrogen-bond donors (Lipinski definition) is 1. The highest BCUT2D eigenvalue weighted by Gasteiger charge is 2.03. The van der Waals surface area contributed by atoms with Crippen molar-refractivity contribution in [2.45, 2.75) is 0 Å². The third-order valence-corrected chi connectivity index (χ3v) is 2.36. The van der Waals surface area contributed by atoms with Crippen LogP contribution in [-0.2, 0) is 0 Å². The first kappa shape index (κ1) is 9.98. The van der Waals surface area contributed by atoms with Crippen LogP contribution in [0.25, 0.3) is 11.3 Å². The summed E-state index contributed by atoms with van der Waals surface area (Å²) in [5.41, 5.74) is 0.169. The summed E-state index contributed by atoms with van der Waals surface area (Å²) in [4.78, 5) is 11.0. The van der Waals surface area contributed by atoms with E-state index in [1.807, 2.05) is 12.1 Å². The molecule has 0 atom stereocenters. The Labute approximate surface area is 94.1 Å². The molecule has 15 heavy (non-hydrogen) atoms. The summed E-state index contributed by atoms with van der Waals surface area (Å²) in [5.74, 6) is 0.252. The van der Waals surface area contributed by atoms with Gasteiger partial charge in [0.1, 0.15) is 11.5 Å². The first-order chi connectivity index (χ1) is 7.15. The molecular formula is C11H7BrO3. The highest BCUT2D eigenvalue weighted by atomic mass is 79.9. The Morgan fingerprint density at radius 3 is 2.67 bits per heavy atom. The normalized spacial score (nSPS) is 10.2. The van der Waals surface area contributed by atoms with Gasteiger partial charge in [-0.05, 0) is 12.1 Å². The van der Waals surface area contributed by atoms with Crippen LogP contribution in [0.1, 0.15) is 0 Å². The summed E-state index contributed by atoms with van der Waals surface area (Å²) < 4.78 is 5.84. The minimum atomic E-state index is -0.565. The zero-order valence-corrected chi connectivity index (χ0v) is 9.19. The first-order valence-corrected chi connectivity index (χ1v) is 5.04. The maximum absolute atomic E-state index is 11.0. The molecule has 0 spiro atoms. The standard InChI is InChI=1S/C11H7BrO3/c12-8-3-1-2-7(4-8)10-5-9(13)6-11(14)15-10/h1-6,13H. The molecule has 2 aromatic rings. The topological polar surface area (TPSA) is 50.4 Å². The van der Waals surface area contributed by atoms with E-state index in [1.165, 1.54) is 6.07 Å². The molecule has 0 fully saturated rings. The van der Waals surface area contributed by atoms with Crippen molar-refractivity contribution in [3.8, 4) is 17.1 Å². The molecule has 0 unspecified atom stereocenters. The quantitative estimate of drug-likeness (QED) is 0.864. The van der Waals surface area contributed by atoms with Gasteiger partial charge in [-0.1, -0.05) is 28.1 Å². The molecule has 0 amide bonds. The molecule has 0 aliphatic rings. The van der Waals surface area contributed by atoms with Gasteiger partial charge in [-0.25, -0.2) is 4.79 Å². The zero-order valence-electron chi connectivity index (χ0n) is 7.61. The average Bonchev–Trinajstić information content (AvgIpc) is 2.16. The number of hydrogen-bond acceptors (Lipinski definition) is 3. The Morgan fingerprint density at radius 2 is 2.00 bits per heavy atom. The van der Waals surface area contributed by atoms with Crippen molar-refractivity contribution in [1.29, 1.82) is 0 Å². The van der Waals surface area contributed by atoms with Crippen LogP contribution in [-0.4, -0.2) is 5.11 Å². The molecule has 1 heterocycles. The van der Waals surface area contributed by atoms with Gasteiger partial charge in [-0.15, -0.1) is 0 Å². The monoisotopic (exact) mass is 266 g/mol. The van der Waals surface area contributed by atoms with Crippen molar-refractivity contribution in [1.82, 2.24) is 0 Å². The molecule has 0 radical (unpaired) electrons. The molecule has 3 nitrogen and oxygen atoms in total. The van der Waals surface area contributed by atoms with E-state index in [2.05, 4.69) is 15.9 Å². The van der Waals surface area contributed by atoms with E-state index in [-0.39, 0.29) is 5.75 Å². The molecule has 4 heteroatoms. The summed E-state index contributed by atoms with van der Waals surface area (Å²) >= 11 is 3.31. The molecule has 1 aromatic heterocycles. The van der Waals surface area contributed by atoms with E-state index < -0.39 is 5.63 Å². The van der Waals surface area contributed by atoms with Gasteiger partial charge in [0.15, 0.2) is 0 Å². The molecule has 0 bridgehead atoms. The molecule has 1 N–H and O–H groups in total. The largest absolute Gasteiger partial charge is 0.508 e. The fourth-order valence-electron chi connectivity index (χ4n) is 1.25. The number of aromatic hydroxyl groups is 1. The van der Waals surface area contributed by atoms with Gasteiger partial charge in [0.2, 0.25) is 0 Å². The smallest absolute Gasteiger partial charge is 0.339 e. The van der Waals surface area contributed by atoms with Gasteiger partial charge in [0.05, 0.1) is 6.07 Å². The maximum atomic E-state index is 11.0. The molecule has 0 aliphatic heterocycles. The summed E-state index contributed by atoms with van der Waals surface area (Å²) in [6, 6.07) is 9.72. The lowest BCUT2D eigenvalue weighted by Gasteiger charge is -2.00. The molecule has 0 saturated heterocycles. The molecule has 76 valence electrons. The number of halogens is 1. The van der Waals surface area contributed by atoms with Crippen LogP contribution in [0.2, 0.25) is 0 Å². The molecule has 2 rings (SSSR count). The second-order valence-corrected chi connectivity index (χ2v) is 3.92. The van der Waals surface area contributed by atoms with Crippen LogP contribution in [0.4, 0.5) is 0 Å². The van der Waals surface area contributed by atoms with Crippen LogP contribution in [0.15, 0.2) is 50.1 Å². The predicted octanol–water partition coefficient (Wildman–Crippen LogP) is 2.77. The lowest BCUT2D eigenvalue weighted by Crippen LogP contribution is -1.95. The van der Waals surface area contributed by atoms with E-state index in [4.69, 9.17) is 4.42 Å². The third-order valence-electron chi connectivity index (χ3n) is 1.86. The van der Waals surface area contributed by atoms with Crippen molar-refractivity contribution in [3.63, 3.8) is 0 Å². The number of rotatable bonds is 1. The van der Waals surface area contributed by atoms with Crippen LogP contribution < -0.4 is 5.63 Å². The number of benzene rings is 1. The van der Waals surface area contributed by atoms with E-state index in [9.17, 15) is 9.90 Å². The predicted molar refractivity (Wildman–Crippen MR) is 59.8 cm³/mol. The minimum Gasteiger partial charge on any atom is -0.508 e. The summed E-state index contributed by atoms with van der Waals surface area (Å²) in [5, 5.41) is 9.25. The van der Waals surface area contributed by atoms with Crippen LogP contribution in [0, 0.1) is 0 Å². The van der Waals surface area contributed by atoms with Gasteiger partial charge in [0.25, 0.3) is 0 Å². The fraction of sp³-hybridized carbons (Fsp3) is 0. The Bertz CT molecular complexity index is 546. The van der Waals surface area contributed by atoms with Gasteiger partial charge in [-0.3, -0.25) is 0 Å². The zero-order chi connectivity index (χ0) is 10.8. The van der Waals surface area contributed by atoms with Crippen LogP contribution >= 0.6 is 15.9 Å². The van der Waals surface area contributed by atoms with Crippen molar-refractivity contribution in [2.75, 3.05) is 0 Å². The minimum absolute atomic E-state index is 0.0961. The van der Waals surface area contributed by atoms with E-state index in [1.54, 1.807) is 12.1 Å². The van der Waals surface area contributed by atoms with Crippen molar-refractivity contribution >= 4 is 15.9 Å². The van der Waals surface area contributed by atoms with Gasteiger partial charge in [-0.2, -0.15) is 0 Å². The van der Waals surface area contributed by atoms with Gasteiger partial charge >= 0.3 is 5.63 Å². The molecule has 0 saturated carbocycles. The lowest BCUT2D eigenvalue weighted by molar-refractivity contribution is 0.453. The summed E-state index contributed by atoms with van der Waals surface area (Å²) in [7, 11) is 0. The fourth-order valence-corrected chi connectivity index (χ4v) is 1.65. The van der Waals surface area contributed by atoms with Crippen LogP contribution in [0.5, 0.6) is 5.75 Å². The highest BCUT2D eigenvalue weighted by molar-refractivity contribution is 9.10. The van der Waals surface area contributed by atoms with Gasteiger partial charge < -0.3 is 9.52 Å². The van der Waals surface area contributed by atoms with Crippen molar-refractivity contribution in [2.24, 2.45) is 0 Å². The molecule has 0 aliphatic carbocycles. The maximum Gasteiger partial charge on any atom is 0.339 e. The molecule has 1 aromatic carbocycles. The van der Waals surface area contributed by atoms with Gasteiger partial charge in [0, 0.05) is 16.1 Å². The molecular weight excluding hydrogens is 260 g/mol.